The van der Waals surface area contributed by atoms with Crippen molar-refractivity contribution in [3.05, 3.63) is 40.9 Å². The minimum Gasteiger partial charge on any atom is -1.00 e. The van der Waals surface area contributed by atoms with Crippen LogP contribution >= 0.6 is 0 Å². The summed E-state index contributed by atoms with van der Waals surface area (Å²) in [5, 5.41) is -1.73. The van der Waals surface area contributed by atoms with E-state index in [1.165, 1.54) is 18.2 Å². The average Bonchev–Trinajstić information content (AvgIpc) is 2.34. The van der Waals surface area contributed by atoms with Gasteiger partial charge in [0.1, 0.15) is 4.90 Å². The van der Waals surface area contributed by atoms with Crippen LogP contribution in [0.15, 0.2) is 29.2 Å². The van der Waals surface area contributed by atoms with Gasteiger partial charge in [-0.1, -0.05) is 12.1 Å². The van der Waals surface area contributed by atoms with Crippen molar-refractivity contribution < 1.29 is 61.7 Å². The molecule has 1 aromatic carbocycles. The van der Waals surface area contributed by atoms with E-state index in [1.54, 1.807) is 0 Å². The fourth-order valence-corrected chi connectivity index (χ4v) is 3.68. The molecular formula is C10H9N2NaO6S2. The quantitative estimate of drug-likeness (QED) is 0.267. The summed E-state index contributed by atoms with van der Waals surface area (Å²) in [4.78, 5) is 2.26. The molecule has 0 aromatic heterocycles. The van der Waals surface area contributed by atoms with Gasteiger partial charge in [0.2, 0.25) is 5.25 Å². The van der Waals surface area contributed by atoms with Crippen molar-refractivity contribution in [1.82, 2.24) is 0 Å². The van der Waals surface area contributed by atoms with E-state index >= 15 is 0 Å². The van der Waals surface area contributed by atoms with Crippen LogP contribution in [0.25, 0.3) is 11.6 Å². The number of nitrogens with zero attached hydrogens (tertiary/aromatic N) is 2. The zero-order valence-corrected chi connectivity index (χ0v) is 14.3. The number of hydrogen-bond acceptors (Lipinski definition) is 4. The van der Waals surface area contributed by atoms with Crippen LogP contribution in [0.3, 0.4) is 0 Å². The minimum absolute atomic E-state index is 0. The Hall–Kier alpha value is -0.840. The first-order chi connectivity index (χ1) is 9.16. The van der Waals surface area contributed by atoms with E-state index in [0.717, 1.165) is 12.1 Å². The molecule has 0 aliphatic heterocycles. The van der Waals surface area contributed by atoms with E-state index in [-0.39, 0.29) is 47.8 Å². The van der Waals surface area contributed by atoms with E-state index < -0.39 is 30.4 Å². The van der Waals surface area contributed by atoms with Crippen molar-refractivity contribution in [2.24, 2.45) is 0 Å². The second-order valence-electron chi connectivity index (χ2n) is 3.99. The normalized spacial score (nSPS) is 17.6. The summed E-state index contributed by atoms with van der Waals surface area (Å²) in [7, 11) is -9.25. The van der Waals surface area contributed by atoms with Crippen LogP contribution in [0.4, 0.5) is 0 Å². The van der Waals surface area contributed by atoms with Gasteiger partial charge in [-0.25, -0.2) is 0 Å². The predicted octanol–water partition coefficient (Wildman–Crippen LogP) is -2.32. The zero-order valence-electron chi connectivity index (χ0n) is 11.7. The van der Waals surface area contributed by atoms with Crippen LogP contribution < -0.4 is 29.6 Å². The Morgan fingerprint density at radius 2 is 1.76 bits per heavy atom. The Bertz CT molecular complexity index is 875. The first-order valence-electron chi connectivity index (χ1n) is 5.13. The van der Waals surface area contributed by atoms with Crippen LogP contribution in [0.1, 0.15) is 17.8 Å². The number of allylic oxidation sites excluding steroid dienone is 1. The maximum atomic E-state index is 11.4. The number of rotatable bonds is 2. The second-order valence-corrected chi connectivity index (χ2v) is 6.88. The largest absolute Gasteiger partial charge is 1.00 e. The molecule has 2 rings (SSSR count). The van der Waals surface area contributed by atoms with E-state index in [1.807, 2.05) is 0 Å². The Kier molecular flexibility index (Phi) is 5.30. The molecule has 0 bridgehead atoms. The number of benzene rings is 1. The van der Waals surface area contributed by atoms with Gasteiger partial charge in [0.05, 0.1) is 0 Å². The maximum absolute atomic E-state index is 11.4. The van der Waals surface area contributed by atoms with Crippen LogP contribution in [0, 0.1) is 0 Å². The molecule has 0 amide bonds. The van der Waals surface area contributed by atoms with E-state index in [4.69, 9.17) is 10.1 Å². The predicted molar refractivity (Wildman–Crippen MR) is 69.3 cm³/mol. The smallest absolute Gasteiger partial charge is 1.00 e. The Morgan fingerprint density at radius 1 is 1.14 bits per heavy atom. The third-order valence-corrected chi connectivity index (χ3v) is 4.77. The molecule has 2 N–H and O–H groups in total. The van der Waals surface area contributed by atoms with Crippen molar-refractivity contribution in [1.29, 1.82) is 0 Å². The van der Waals surface area contributed by atoms with Crippen molar-refractivity contribution in [2.75, 3.05) is 0 Å². The molecule has 0 saturated heterocycles. The van der Waals surface area contributed by atoms with Crippen molar-refractivity contribution in [2.45, 2.75) is 10.1 Å². The number of hydrogen-bond donors (Lipinski definition) is 2. The van der Waals surface area contributed by atoms with Gasteiger partial charge >= 0.3 is 35.3 Å². The molecule has 108 valence electrons. The molecule has 8 nitrogen and oxygen atoms in total. The summed E-state index contributed by atoms with van der Waals surface area (Å²) in [6.45, 7) is 0. The average molecular weight is 340 g/mol. The van der Waals surface area contributed by atoms with Gasteiger partial charge in [-0.3, -0.25) is 9.11 Å². The van der Waals surface area contributed by atoms with Crippen LogP contribution in [-0.2, 0) is 20.2 Å². The first kappa shape index (κ1) is 18.2. The maximum Gasteiger partial charge on any atom is 1.00 e. The van der Waals surface area contributed by atoms with Gasteiger partial charge in [0.15, 0.2) is 0 Å². The fraction of sp³-hybridized carbons (Fsp3) is 0.100. The van der Waals surface area contributed by atoms with Crippen LogP contribution in [0.2, 0.25) is 0 Å². The number of fused-ring (bicyclic) bond motifs is 1. The Labute approximate surface area is 144 Å². The zero-order chi connectivity index (χ0) is 15.1. The molecule has 0 radical (unpaired) electrons. The Balaban J connectivity index is 0.00000220. The van der Waals surface area contributed by atoms with E-state index in [0.29, 0.717) is 0 Å². The van der Waals surface area contributed by atoms with Crippen LogP contribution in [-0.4, -0.2) is 36.4 Å². The van der Waals surface area contributed by atoms with Crippen molar-refractivity contribution in [3.63, 3.8) is 0 Å². The molecule has 1 unspecified atom stereocenters. The third-order valence-electron chi connectivity index (χ3n) is 2.76. The van der Waals surface area contributed by atoms with Crippen molar-refractivity contribution in [3.8, 4) is 0 Å². The second kappa shape index (κ2) is 6.11. The first-order valence-corrected chi connectivity index (χ1v) is 8.07. The topological polar surface area (TPSA) is 145 Å². The van der Waals surface area contributed by atoms with Gasteiger partial charge in [0, 0.05) is 11.6 Å². The molecule has 1 aliphatic carbocycles. The Morgan fingerprint density at radius 3 is 2.24 bits per heavy atom. The summed E-state index contributed by atoms with van der Waals surface area (Å²) in [6.07, 6.45) is 2.21. The molecule has 11 heteroatoms. The monoisotopic (exact) mass is 340 g/mol. The van der Waals surface area contributed by atoms with E-state index in [9.17, 15) is 21.4 Å². The molecule has 0 spiro atoms. The van der Waals surface area contributed by atoms with Crippen LogP contribution in [0.5, 0.6) is 0 Å². The summed E-state index contributed by atoms with van der Waals surface area (Å²) in [6, 6.07) is 3.53. The fourth-order valence-electron chi connectivity index (χ4n) is 2.01. The van der Waals surface area contributed by atoms with Crippen molar-refractivity contribution >= 4 is 32.0 Å². The van der Waals surface area contributed by atoms with Gasteiger partial charge in [-0.2, -0.15) is 21.6 Å². The van der Waals surface area contributed by atoms with E-state index in [2.05, 4.69) is 4.79 Å². The molecule has 0 fully saturated rings. The molecule has 21 heavy (non-hydrogen) atoms. The summed E-state index contributed by atoms with van der Waals surface area (Å²) in [5.74, 6) is 0. The minimum atomic E-state index is -4.68. The SMILES string of the molecule is [H-].[N-]=[N+]=C1C=Cc2c(cccc2S(=O)(=O)O)C1S(=O)(=O)O.[Na+]. The van der Waals surface area contributed by atoms with Gasteiger partial charge < -0.3 is 6.96 Å². The third kappa shape index (κ3) is 3.50. The molecule has 0 saturated carbocycles. The molecule has 1 aliphatic rings. The van der Waals surface area contributed by atoms with Gasteiger partial charge in [0.25, 0.3) is 20.2 Å². The molecule has 1 atom stereocenters. The molecule has 0 heterocycles. The summed E-state index contributed by atoms with van der Waals surface area (Å²) in [5.41, 5.74) is 8.20. The standard InChI is InChI=1S/C10H8N2O6S2.Na.H/c11-12-8-5-4-6-7(10(8)20(16,17)18)2-1-3-9(6)19(13,14)15;;/h1-5,10H,(H,13,14,15)(H,16,17,18);;/q;+1;-1. The van der Waals surface area contributed by atoms with Gasteiger partial charge in [-0.05, 0) is 17.7 Å². The van der Waals surface area contributed by atoms with Gasteiger partial charge in [-0.15, -0.1) is 0 Å². The summed E-state index contributed by atoms with van der Waals surface area (Å²) >= 11 is 0. The molecule has 1 aromatic rings. The molecular weight excluding hydrogens is 331 g/mol. The summed E-state index contributed by atoms with van der Waals surface area (Å²) < 4.78 is 63.6.